The van der Waals surface area contributed by atoms with Crippen molar-refractivity contribution >= 4 is 20.6 Å². The van der Waals surface area contributed by atoms with Gasteiger partial charge >= 0.3 is 0 Å². The molecular formula is C7H13BrN2. The lowest BCUT2D eigenvalue weighted by Gasteiger charge is -1.95. The van der Waals surface area contributed by atoms with Gasteiger partial charge in [-0.05, 0) is 48.4 Å². The highest BCUT2D eigenvalue weighted by Crippen LogP contribution is 2.01. The maximum absolute atomic E-state index is 7.16. The Morgan fingerprint density at radius 2 is 2.30 bits per heavy atom. The molecular weight excluding hydrogens is 192 g/mol. The standard InChI is InChI=1S/C7H13BrN2/c1-6(7(8)9)4-3-5-10-2/h4,9-10H,3,5H2,1-2H3/b6-4-,9-7?. The normalized spacial score (nSPS) is 11.7. The predicted molar refractivity (Wildman–Crippen MR) is 49.0 cm³/mol. The monoisotopic (exact) mass is 204 g/mol. The number of halogens is 1. The Balaban J connectivity index is 3.58. The van der Waals surface area contributed by atoms with E-state index < -0.39 is 0 Å². The molecule has 0 radical (unpaired) electrons. The molecule has 0 aliphatic carbocycles. The molecule has 0 atom stereocenters. The molecule has 0 spiro atoms. The van der Waals surface area contributed by atoms with Gasteiger partial charge in [-0.2, -0.15) is 0 Å². The lowest BCUT2D eigenvalue weighted by atomic mass is 10.2. The van der Waals surface area contributed by atoms with Crippen LogP contribution >= 0.6 is 15.9 Å². The van der Waals surface area contributed by atoms with E-state index in [1.807, 2.05) is 20.0 Å². The van der Waals surface area contributed by atoms with Gasteiger partial charge in [0.25, 0.3) is 0 Å². The summed E-state index contributed by atoms with van der Waals surface area (Å²) in [6.45, 7) is 2.89. The maximum atomic E-state index is 7.16. The van der Waals surface area contributed by atoms with E-state index in [1.165, 1.54) is 0 Å². The van der Waals surface area contributed by atoms with Gasteiger partial charge in [0.1, 0.15) is 0 Å². The van der Waals surface area contributed by atoms with Gasteiger partial charge in [0.15, 0.2) is 0 Å². The van der Waals surface area contributed by atoms with Crippen LogP contribution in [0.2, 0.25) is 0 Å². The summed E-state index contributed by atoms with van der Waals surface area (Å²) in [6, 6.07) is 0. The van der Waals surface area contributed by atoms with Gasteiger partial charge < -0.3 is 5.32 Å². The zero-order valence-corrected chi connectivity index (χ0v) is 7.96. The number of hydrogen-bond donors (Lipinski definition) is 2. The molecule has 2 N–H and O–H groups in total. The van der Waals surface area contributed by atoms with Crippen molar-refractivity contribution in [3.05, 3.63) is 11.6 Å². The zero-order valence-electron chi connectivity index (χ0n) is 6.37. The molecule has 0 aromatic heterocycles. The number of allylic oxidation sites excluding steroid dienone is 1. The Kier molecular flexibility index (Phi) is 5.54. The van der Waals surface area contributed by atoms with Crippen LogP contribution in [-0.4, -0.2) is 18.2 Å². The van der Waals surface area contributed by atoms with Crippen molar-refractivity contribution in [3.8, 4) is 0 Å². The van der Waals surface area contributed by atoms with E-state index in [0.717, 1.165) is 18.5 Å². The molecule has 0 saturated heterocycles. The Hall–Kier alpha value is -0.150. The molecule has 0 aromatic carbocycles. The van der Waals surface area contributed by atoms with Gasteiger partial charge in [-0.25, -0.2) is 0 Å². The minimum Gasteiger partial charge on any atom is -0.319 e. The third-order valence-corrected chi connectivity index (χ3v) is 1.82. The van der Waals surface area contributed by atoms with Gasteiger partial charge in [0, 0.05) is 0 Å². The van der Waals surface area contributed by atoms with Crippen LogP contribution in [0.4, 0.5) is 0 Å². The summed E-state index contributed by atoms with van der Waals surface area (Å²) in [5.74, 6) is 0. The minimum atomic E-state index is 0.476. The second-order valence-corrected chi connectivity index (χ2v) is 2.89. The molecule has 0 aliphatic heterocycles. The molecule has 10 heavy (non-hydrogen) atoms. The molecule has 0 amide bonds. The molecule has 0 unspecified atom stereocenters. The predicted octanol–water partition coefficient (Wildman–Crippen LogP) is 1.91. The van der Waals surface area contributed by atoms with Crippen molar-refractivity contribution in [2.75, 3.05) is 13.6 Å². The smallest absolute Gasteiger partial charge is 0.0992 e. The highest BCUT2D eigenvalue weighted by Gasteiger charge is 1.90. The first-order chi connectivity index (χ1) is 4.68. The average Bonchev–Trinajstić information content (AvgIpc) is 1.88. The zero-order chi connectivity index (χ0) is 7.98. The molecule has 0 aliphatic rings. The SMILES string of the molecule is CNCC/C=C(/C)C(=N)Br. The number of rotatable bonds is 4. The summed E-state index contributed by atoms with van der Waals surface area (Å²) in [7, 11) is 1.92. The molecule has 0 aromatic rings. The van der Waals surface area contributed by atoms with E-state index in [2.05, 4.69) is 21.2 Å². The van der Waals surface area contributed by atoms with Crippen LogP contribution in [0.5, 0.6) is 0 Å². The first-order valence-corrected chi connectivity index (χ1v) is 4.03. The largest absolute Gasteiger partial charge is 0.319 e. The van der Waals surface area contributed by atoms with Crippen molar-refractivity contribution in [1.82, 2.24) is 5.32 Å². The van der Waals surface area contributed by atoms with Crippen LogP contribution in [0, 0.1) is 5.41 Å². The number of nitrogens with one attached hydrogen (secondary N) is 2. The maximum Gasteiger partial charge on any atom is 0.0992 e. The lowest BCUT2D eigenvalue weighted by molar-refractivity contribution is 0.806. The first-order valence-electron chi connectivity index (χ1n) is 3.24. The van der Waals surface area contributed by atoms with Crippen LogP contribution < -0.4 is 5.32 Å². The summed E-state index contributed by atoms with van der Waals surface area (Å²) in [5.41, 5.74) is 0.996. The highest BCUT2D eigenvalue weighted by molar-refractivity contribution is 9.18. The van der Waals surface area contributed by atoms with Gasteiger partial charge in [0.2, 0.25) is 0 Å². The first kappa shape index (κ1) is 9.85. The van der Waals surface area contributed by atoms with Crippen molar-refractivity contribution in [3.63, 3.8) is 0 Å². The Morgan fingerprint density at radius 1 is 1.70 bits per heavy atom. The molecule has 0 saturated carbocycles. The van der Waals surface area contributed by atoms with Crippen LogP contribution in [0.15, 0.2) is 11.6 Å². The Morgan fingerprint density at radius 3 is 2.70 bits per heavy atom. The Labute approximate surface area is 70.3 Å². The van der Waals surface area contributed by atoms with E-state index in [1.54, 1.807) is 0 Å². The third kappa shape index (κ3) is 4.70. The molecule has 3 heteroatoms. The Bertz CT molecular complexity index is 141. The topological polar surface area (TPSA) is 35.9 Å². The fourth-order valence-corrected chi connectivity index (χ4v) is 0.684. The molecule has 58 valence electrons. The second-order valence-electron chi connectivity index (χ2n) is 2.09. The van der Waals surface area contributed by atoms with E-state index in [9.17, 15) is 0 Å². The van der Waals surface area contributed by atoms with E-state index in [4.69, 9.17) is 5.41 Å². The average molecular weight is 205 g/mol. The van der Waals surface area contributed by atoms with Crippen molar-refractivity contribution in [2.45, 2.75) is 13.3 Å². The third-order valence-electron chi connectivity index (χ3n) is 1.19. The lowest BCUT2D eigenvalue weighted by Crippen LogP contribution is -2.06. The summed E-state index contributed by atoms with van der Waals surface area (Å²) in [5, 5.41) is 10.2. The summed E-state index contributed by atoms with van der Waals surface area (Å²) in [6.07, 6.45) is 3.02. The van der Waals surface area contributed by atoms with Crippen LogP contribution in [-0.2, 0) is 0 Å². The van der Waals surface area contributed by atoms with Crippen molar-refractivity contribution < 1.29 is 0 Å². The molecule has 0 rings (SSSR count). The fraction of sp³-hybridized carbons (Fsp3) is 0.571. The fourth-order valence-electron chi connectivity index (χ4n) is 0.523. The molecule has 0 heterocycles. The van der Waals surface area contributed by atoms with E-state index in [0.29, 0.717) is 4.62 Å². The molecule has 2 nitrogen and oxygen atoms in total. The minimum absolute atomic E-state index is 0.476. The number of hydrogen-bond acceptors (Lipinski definition) is 2. The molecule has 0 fully saturated rings. The van der Waals surface area contributed by atoms with Crippen molar-refractivity contribution in [2.24, 2.45) is 0 Å². The van der Waals surface area contributed by atoms with Crippen LogP contribution in [0.25, 0.3) is 0 Å². The van der Waals surface area contributed by atoms with E-state index in [-0.39, 0.29) is 0 Å². The van der Waals surface area contributed by atoms with E-state index >= 15 is 0 Å². The van der Waals surface area contributed by atoms with Gasteiger partial charge in [-0.1, -0.05) is 6.08 Å². The van der Waals surface area contributed by atoms with Gasteiger partial charge in [-0.15, -0.1) is 0 Å². The summed E-state index contributed by atoms with van der Waals surface area (Å²) >= 11 is 3.09. The van der Waals surface area contributed by atoms with Crippen LogP contribution in [0.1, 0.15) is 13.3 Å². The van der Waals surface area contributed by atoms with Gasteiger partial charge in [0.05, 0.1) is 4.62 Å². The molecule has 0 bridgehead atoms. The second kappa shape index (κ2) is 5.62. The highest BCUT2D eigenvalue weighted by atomic mass is 79.9. The van der Waals surface area contributed by atoms with Crippen LogP contribution in [0.3, 0.4) is 0 Å². The summed E-state index contributed by atoms with van der Waals surface area (Å²) < 4.78 is 0.476. The summed E-state index contributed by atoms with van der Waals surface area (Å²) in [4.78, 5) is 0. The quantitative estimate of drug-likeness (QED) is 0.533. The van der Waals surface area contributed by atoms with Crippen molar-refractivity contribution in [1.29, 1.82) is 5.41 Å². The van der Waals surface area contributed by atoms with Gasteiger partial charge in [-0.3, -0.25) is 5.41 Å².